The second-order valence-corrected chi connectivity index (χ2v) is 4.87. The van der Waals surface area contributed by atoms with Gasteiger partial charge in [-0.25, -0.2) is 13.2 Å². The first kappa shape index (κ1) is 13.5. The number of hydrogen-bond acceptors (Lipinski definition) is 3. The highest BCUT2D eigenvalue weighted by atomic mass is 19.2. The second-order valence-electron chi connectivity index (χ2n) is 4.87. The number of nitrogens with zero attached hydrogens (tertiary/aromatic N) is 1. The maximum absolute atomic E-state index is 13.5. The molecule has 3 rings (SSSR count). The molecular formula is C13H11F3N4O. The van der Waals surface area contributed by atoms with Gasteiger partial charge in [-0.2, -0.15) is 5.10 Å². The molecule has 4 N–H and O–H groups in total. The summed E-state index contributed by atoms with van der Waals surface area (Å²) in [6.45, 7) is 0. The van der Waals surface area contributed by atoms with Gasteiger partial charge in [-0.05, 0) is 12.8 Å². The largest absolute Gasteiger partial charge is 0.395 e. The van der Waals surface area contributed by atoms with Gasteiger partial charge in [0.15, 0.2) is 17.3 Å². The maximum Gasteiger partial charge on any atom is 0.278 e. The minimum atomic E-state index is -1.33. The summed E-state index contributed by atoms with van der Waals surface area (Å²) in [4.78, 5) is 12.0. The zero-order valence-electron chi connectivity index (χ0n) is 10.7. The fraction of sp³-hybridized carbons (Fsp3) is 0.231. The monoisotopic (exact) mass is 296 g/mol. The number of anilines is 2. The molecule has 0 atom stereocenters. The molecule has 1 aromatic heterocycles. The Balaban J connectivity index is 1.85. The molecule has 1 heterocycles. The Labute approximate surface area is 117 Å². The topological polar surface area (TPSA) is 83.8 Å². The fourth-order valence-electron chi connectivity index (χ4n) is 2.02. The Kier molecular flexibility index (Phi) is 3.08. The first-order chi connectivity index (χ1) is 9.97. The molecule has 0 unspecified atom stereocenters. The Morgan fingerprint density at radius 2 is 1.90 bits per heavy atom. The van der Waals surface area contributed by atoms with Crippen LogP contribution in [-0.2, 0) is 0 Å². The molecule has 0 saturated heterocycles. The lowest BCUT2D eigenvalue weighted by Gasteiger charge is -2.06. The number of H-pyrrole nitrogens is 1. The van der Waals surface area contributed by atoms with Crippen LogP contribution in [0.15, 0.2) is 12.1 Å². The molecule has 2 aromatic rings. The Hall–Kier alpha value is -2.51. The van der Waals surface area contributed by atoms with E-state index in [0.717, 1.165) is 12.8 Å². The number of carbonyl (C=O) groups excluding carboxylic acids is 1. The van der Waals surface area contributed by atoms with Crippen LogP contribution in [0.3, 0.4) is 0 Å². The highest BCUT2D eigenvalue weighted by Crippen LogP contribution is 2.42. The summed E-state index contributed by atoms with van der Waals surface area (Å²) in [5.74, 6) is -4.21. The van der Waals surface area contributed by atoms with Gasteiger partial charge in [0.2, 0.25) is 0 Å². The van der Waals surface area contributed by atoms with E-state index in [-0.39, 0.29) is 17.3 Å². The van der Waals surface area contributed by atoms with Crippen LogP contribution >= 0.6 is 0 Å². The number of amides is 1. The molecule has 1 saturated carbocycles. The van der Waals surface area contributed by atoms with Gasteiger partial charge in [0, 0.05) is 18.1 Å². The number of hydrogen-bond donors (Lipinski definition) is 3. The van der Waals surface area contributed by atoms with Gasteiger partial charge in [-0.3, -0.25) is 9.89 Å². The number of halogens is 3. The number of aromatic amines is 1. The summed E-state index contributed by atoms with van der Waals surface area (Å²) in [6.07, 6.45) is 1.93. The summed E-state index contributed by atoms with van der Waals surface area (Å²) in [6, 6.07) is 0.918. The molecule has 1 aliphatic rings. The number of benzene rings is 1. The van der Waals surface area contributed by atoms with E-state index in [9.17, 15) is 18.0 Å². The molecule has 1 amide bonds. The highest BCUT2D eigenvalue weighted by molar-refractivity contribution is 6.06. The van der Waals surface area contributed by atoms with Crippen molar-refractivity contribution < 1.29 is 18.0 Å². The number of nitrogens with two attached hydrogens (primary N) is 1. The molecule has 0 radical (unpaired) electrons. The van der Waals surface area contributed by atoms with Gasteiger partial charge in [-0.15, -0.1) is 0 Å². The third-order valence-corrected chi connectivity index (χ3v) is 3.29. The second kappa shape index (κ2) is 4.80. The van der Waals surface area contributed by atoms with Crippen LogP contribution in [-0.4, -0.2) is 16.1 Å². The summed E-state index contributed by atoms with van der Waals surface area (Å²) < 4.78 is 39.4. The fourth-order valence-corrected chi connectivity index (χ4v) is 2.02. The van der Waals surface area contributed by atoms with Crippen molar-refractivity contribution in [3.63, 3.8) is 0 Å². The van der Waals surface area contributed by atoms with Crippen LogP contribution in [0.5, 0.6) is 0 Å². The first-order valence-electron chi connectivity index (χ1n) is 6.27. The summed E-state index contributed by atoms with van der Waals surface area (Å²) in [5.41, 5.74) is 6.10. The SMILES string of the molecule is Nc1c(C(=O)Nc2cc(F)c(F)cc2F)n[nH]c1C1CC1. The van der Waals surface area contributed by atoms with E-state index in [2.05, 4.69) is 15.5 Å². The Bertz CT molecular complexity index is 724. The minimum Gasteiger partial charge on any atom is -0.395 e. The number of carbonyl (C=O) groups is 1. The molecule has 0 aliphatic heterocycles. The van der Waals surface area contributed by atoms with E-state index in [4.69, 9.17) is 5.73 Å². The lowest BCUT2D eigenvalue weighted by atomic mass is 10.2. The minimum absolute atomic E-state index is 0.0963. The van der Waals surface area contributed by atoms with E-state index in [1.54, 1.807) is 0 Å². The molecule has 0 bridgehead atoms. The van der Waals surface area contributed by atoms with Crippen molar-refractivity contribution in [3.8, 4) is 0 Å². The van der Waals surface area contributed by atoms with Crippen LogP contribution in [0.25, 0.3) is 0 Å². The molecular weight excluding hydrogens is 285 g/mol. The van der Waals surface area contributed by atoms with Crippen LogP contribution in [0.2, 0.25) is 0 Å². The van der Waals surface area contributed by atoms with Crippen LogP contribution in [0.4, 0.5) is 24.5 Å². The van der Waals surface area contributed by atoms with E-state index in [1.807, 2.05) is 0 Å². The molecule has 0 spiro atoms. The van der Waals surface area contributed by atoms with E-state index in [1.165, 1.54) is 0 Å². The molecule has 21 heavy (non-hydrogen) atoms. The zero-order valence-corrected chi connectivity index (χ0v) is 10.7. The summed E-state index contributed by atoms with van der Waals surface area (Å²) in [7, 11) is 0. The number of nitrogen functional groups attached to an aromatic ring is 1. The number of rotatable bonds is 3. The van der Waals surface area contributed by atoms with Gasteiger partial charge in [0.1, 0.15) is 5.82 Å². The summed E-state index contributed by atoms with van der Waals surface area (Å²) in [5, 5.41) is 8.59. The van der Waals surface area contributed by atoms with Crippen molar-refractivity contribution >= 4 is 17.3 Å². The van der Waals surface area contributed by atoms with Gasteiger partial charge < -0.3 is 11.1 Å². The standard InChI is InChI=1S/C13H11F3N4O/c14-6-3-8(16)9(4-7(6)15)18-13(21)12-10(17)11(19-20-12)5-1-2-5/h3-5H,1-2,17H2,(H,18,21)(H,19,20). The average molecular weight is 296 g/mol. The molecule has 110 valence electrons. The highest BCUT2D eigenvalue weighted by Gasteiger charge is 2.30. The van der Waals surface area contributed by atoms with Gasteiger partial charge in [0.05, 0.1) is 17.1 Å². The number of aromatic nitrogens is 2. The van der Waals surface area contributed by atoms with Crippen molar-refractivity contribution in [1.29, 1.82) is 0 Å². The predicted molar refractivity (Wildman–Crippen MR) is 69.2 cm³/mol. The molecule has 1 aliphatic carbocycles. The molecule has 8 heteroatoms. The van der Waals surface area contributed by atoms with Gasteiger partial charge in [0.25, 0.3) is 5.91 Å². The predicted octanol–water partition coefficient (Wildman–Crippen LogP) is 2.54. The lowest BCUT2D eigenvalue weighted by molar-refractivity contribution is 0.102. The van der Waals surface area contributed by atoms with Crippen molar-refractivity contribution in [2.45, 2.75) is 18.8 Å². The third-order valence-electron chi connectivity index (χ3n) is 3.29. The van der Waals surface area contributed by atoms with Crippen LogP contribution < -0.4 is 11.1 Å². The van der Waals surface area contributed by atoms with Crippen molar-refractivity contribution in [2.24, 2.45) is 0 Å². The lowest BCUT2D eigenvalue weighted by Crippen LogP contribution is -2.15. The van der Waals surface area contributed by atoms with Crippen molar-refractivity contribution in [1.82, 2.24) is 10.2 Å². The number of nitrogens with one attached hydrogen (secondary N) is 2. The molecule has 5 nitrogen and oxygen atoms in total. The van der Waals surface area contributed by atoms with E-state index < -0.39 is 29.0 Å². The Morgan fingerprint density at radius 3 is 2.57 bits per heavy atom. The quantitative estimate of drug-likeness (QED) is 0.761. The van der Waals surface area contributed by atoms with Crippen LogP contribution in [0, 0.1) is 17.5 Å². The Morgan fingerprint density at radius 1 is 1.24 bits per heavy atom. The smallest absolute Gasteiger partial charge is 0.278 e. The average Bonchev–Trinajstić information content (AvgIpc) is 3.19. The van der Waals surface area contributed by atoms with Crippen molar-refractivity contribution in [3.05, 3.63) is 41.0 Å². The zero-order chi connectivity index (χ0) is 15.1. The van der Waals surface area contributed by atoms with Crippen LogP contribution in [0.1, 0.15) is 34.9 Å². The first-order valence-corrected chi connectivity index (χ1v) is 6.27. The maximum atomic E-state index is 13.5. The third kappa shape index (κ3) is 2.44. The van der Waals surface area contributed by atoms with E-state index >= 15 is 0 Å². The molecule has 1 fully saturated rings. The molecule has 1 aromatic carbocycles. The van der Waals surface area contributed by atoms with Gasteiger partial charge >= 0.3 is 0 Å². The summed E-state index contributed by atoms with van der Waals surface area (Å²) >= 11 is 0. The van der Waals surface area contributed by atoms with E-state index in [0.29, 0.717) is 17.8 Å². The van der Waals surface area contributed by atoms with Crippen molar-refractivity contribution in [2.75, 3.05) is 11.1 Å². The van der Waals surface area contributed by atoms with Gasteiger partial charge in [-0.1, -0.05) is 0 Å². The normalized spacial score (nSPS) is 14.2.